The molecule has 0 amide bonds. The third-order valence-electron chi connectivity index (χ3n) is 9.51. The number of alkyl halides is 19. The van der Waals surface area contributed by atoms with Crippen LogP contribution in [0.25, 0.3) is 0 Å². The van der Waals surface area contributed by atoms with Gasteiger partial charge in [0.2, 0.25) is 29.5 Å². The van der Waals surface area contributed by atoms with Crippen molar-refractivity contribution >= 4 is 40.3 Å². The van der Waals surface area contributed by atoms with Crippen LogP contribution in [0, 0.1) is 0 Å². The molecule has 89 heavy (non-hydrogen) atoms. The number of nitrogens with one attached hydrogen (secondary N) is 1. The second-order valence-electron chi connectivity index (χ2n) is 15.5. The molecule has 6 rings (SSSR count). The van der Waals surface area contributed by atoms with Gasteiger partial charge in [-0.15, -0.1) is 0 Å². The maximum atomic E-state index is 12.9. The van der Waals surface area contributed by atoms with E-state index in [1.807, 2.05) is 4.98 Å². The van der Waals surface area contributed by atoms with Crippen molar-refractivity contribution in [3.63, 3.8) is 0 Å². The molecule has 3 N–H and O–H groups in total. The summed E-state index contributed by atoms with van der Waals surface area (Å²) in [5, 5.41) is 17.6. The zero-order chi connectivity index (χ0) is 64.0. The molecular weight excluding hydrogens is 1370 g/mol. The van der Waals surface area contributed by atoms with Crippen LogP contribution in [0.2, 0.25) is 0 Å². The fourth-order valence-electron chi connectivity index (χ4n) is 5.78. The summed E-state index contributed by atoms with van der Waals surface area (Å²) in [4.78, 5) is 64.1. The van der Waals surface area contributed by atoms with Crippen molar-refractivity contribution < 1.29 is 261 Å². The Hall–Kier alpha value is -4.60. The molecule has 3 aromatic carbocycles. The summed E-state index contributed by atoms with van der Waals surface area (Å²) in [6, 6.07) is 16.3. The molecule has 0 saturated heterocycles. The van der Waals surface area contributed by atoms with Gasteiger partial charge >= 0.3 is 177 Å². The fourth-order valence-corrected chi connectivity index (χ4v) is 6.19. The van der Waals surface area contributed by atoms with Gasteiger partial charge in [0, 0.05) is 47.9 Å². The van der Waals surface area contributed by atoms with Gasteiger partial charge in [0.1, 0.15) is 4.83 Å². The predicted octanol–water partition coefficient (Wildman–Crippen LogP) is 4.24. The molecule has 16 nitrogen and oxygen atoms in total. The molecule has 0 aliphatic carbocycles. The average molecular weight is 1410 g/mol. The fraction of sp³-hybridized carbons (Fsp3) is 0.275. The number of aliphatic carboxylic acids is 1. The predicted molar refractivity (Wildman–Crippen MR) is 261 cm³/mol. The van der Waals surface area contributed by atoms with Gasteiger partial charge in [-0.3, -0.25) is 14.4 Å². The minimum Gasteiger partial charge on any atom is -1.00 e. The first-order chi connectivity index (χ1) is 38.8. The van der Waals surface area contributed by atoms with E-state index in [2.05, 4.69) is 30.8 Å². The second kappa shape index (κ2) is 41.1. The minimum absolute atomic E-state index is 0. The zero-order valence-corrected chi connectivity index (χ0v) is 53.1. The van der Waals surface area contributed by atoms with Crippen LogP contribution in [0.15, 0.2) is 133 Å². The number of halogens is 19. The van der Waals surface area contributed by atoms with Crippen LogP contribution in [0.5, 0.6) is 11.8 Å². The van der Waals surface area contributed by atoms with Gasteiger partial charge in [-0.1, -0.05) is 65.8 Å². The third kappa shape index (κ3) is 32.5. The van der Waals surface area contributed by atoms with Crippen molar-refractivity contribution in [1.29, 1.82) is 0 Å². The summed E-state index contributed by atoms with van der Waals surface area (Å²) in [5.74, 6) is -4.08. The minimum atomic E-state index is -4.69. The first-order valence-corrected chi connectivity index (χ1v) is 23.3. The maximum absolute atomic E-state index is 12.9. The number of H-pyrrole nitrogens is 1. The second-order valence-corrected chi connectivity index (χ2v) is 16.4. The standard InChI is InChI=1S/C17H13F6NO3.C15H9F6NO3.C11H10BrF3O2.C6H4F3NO.CH2O3.CH4.2K.Li.H2O.H/c1-2-26-15(25)14(10-4-3-5-11(8-10)16(18,19)20)27-13-7-6-12(9-24-13)17(21,22)23;16-14(17,18)9-3-1-2-8(6-9)12(13(23)24)25-11-5-4-10(7-22-11)15(19,20)21;1-2-17-10(16)9(12)7-4-3-5-8(6-7)11(13,14)15;7-6(8,9)4-1-2-5(11)10-3-4;2-1-4-3;;;;;;/h3-9,14H,2H2,1H3;1-7,12H,(H,23,24);3-6,9H,2H2,1H3;1-3H,(H,10,11);1,3H;1H4;;;;1H2;/q;;;;;;3*+1;;-1/p-2. The smallest absolute Gasteiger partial charge is 1.00 e. The topological polar surface area (TPSA) is 246 Å². The van der Waals surface area contributed by atoms with E-state index in [0.717, 1.165) is 66.7 Å². The van der Waals surface area contributed by atoms with Crippen molar-refractivity contribution in [3.8, 4) is 11.8 Å². The molecule has 0 radical (unpaired) electrons. The number of hydrogen-bond acceptors (Lipinski definition) is 14. The van der Waals surface area contributed by atoms with E-state index < -0.39 is 117 Å². The molecule has 3 heterocycles. The largest absolute Gasteiger partial charge is 1.00 e. The number of carboxylic acid groups (broad SMARTS) is 1. The Morgan fingerprint density at radius 2 is 0.888 bits per heavy atom. The molecule has 3 aromatic heterocycles. The molecule has 0 spiro atoms. The zero-order valence-electron chi connectivity index (χ0n) is 46.3. The van der Waals surface area contributed by atoms with Gasteiger partial charge in [0.05, 0.1) is 46.6 Å². The van der Waals surface area contributed by atoms with Crippen molar-refractivity contribution in [3.05, 3.63) is 188 Å². The van der Waals surface area contributed by atoms with Crippen LogP contribution in [0.3, 0.4) is 0 Å². The molecule has 0 fully saturated rings. The number of nitrogens with zero attached hydrogens (tertiary/aromatic N) is 2. The molecule has 0 aliphatic rings. The van der Waals surface area contributed by atoms with Crippen LogP contribution in [0.4, 0.5) is 79.0 Å². The maximum Gasteiger partial charge on any atom is 1.00 e. The van der Waals surface area contributed by atoms with E-state index in [-0.39, 0.29) is 178 Å². The van der Waals surface area contributed by atoms with Crippen LogP contribution in [0.1, 0.15) is 89.8 Å². The SMILES string of the molecule is C.CCOC(=O)C(Br)c1cccc(C(F)(F)F)c1.CCOC(=O)C(Oc1ccc(C(F)(F)F)cn1)c1cccc(C(F)(F)F)c1.O=C(O)C(Oc1ccc(C(F)(F)F)cn1)c1cccc(C(F)(F)F)c1.O=CO[O-].O=c1ccc(C(F)(F)F)c[nH]1.[H-].[K+].[K+].[Li+].[OH-]. The molecule has 6 aromatic rings. The number of pyridine rings is 3. The first-order valence-electron chi connectivity index (χ1n) is 22.4. The van der Waals surface area contributed by atoms with Crippen molar-refractivity contribution in [1.82, 2.24) is 15.0 Å². The molecule has 0 saturated carbocycles. The van der Waals surface area contributed by atoms with Gasteiger partial charge in [-0.25, -0.2) is 19.6 Å². The third-order valence-corrected chi connectivity index (χ3v) is 10.4. The van der Waals surface area contributed by atoms with Crippen LogP contribution < -0.4 is 142 Å². The molecule has 476 valence electrons. The summed E-state index contributed by atoms with van der Waals surface area (Å²) in [7, 11) is 0. The normalized spacial score (nSPS) is 11.9. The summed E-state index contributed by atoms with van der Waals surface area (Å²) >= 11 is 3.01. The molecule has 3 atom stereocenters. The van der Waals surface area contributed by atoms with Crippen molar-refractivity contribution in [2.24, 2.45) is 0 Å². The molecule has 0 aliphatic heterocycles. The number of carbonyl (C=O) groups excluding carboxylic acids is 3. The number of carbonyl (C=O) groups is 4. The number of rotatable bonds is 13. The summed E-state index contributed by atoms with van der Waals surface area (Å²) in [6.45, 7) is 3.04. The molecule has 0 bridgehead atoms. The number of aromatic amines is 1. The van der Waals surface area contributed by atoms with E-state index in [0.29, 0.717) is 42.9 Å². The number of ether oxygens (including phenoxy) is 4. The summed E-state index contributed by atoms with van der Waals surface area (Å²) in [5.41, 5.74) is -6.68. The van der Waals surface area contributed by atoms with Crippen molar-refractivity contribution in [2.45, 2.75) is 75.4 Å². The van der Waals surface area contributed by atoms with E-state index in [1.165, 1.54) is 25.1 Å². The Morgan fingerprint density at radius 3 is 1.19 bits per heavy atom. The van der Waals surface area contributed by atoms with Gasteiger partial charge in [-0.2, -0.15) is 79.0 Å². The Balaban J connectivity index is -0.000000355. The van der Waals surface area contributed by atoms with E-state index in [9.17, 15) is 98.2 Å². The number of hydrogen-bond donors (Lipinski definition) is 2. The van der Waals surface area contributed by atoms with Crippen LogP contribution in [-0.4, -0.2) is 63.1 Å². The Bertz CT molecular complexity index is 3130. The Labute approximate surface area is 598 Å². The van der Waals surface area contributed by atoms with E-state index in [4.69, 9.17) is 34.1 Å². The Kier molecular flexibility index (Phi) is 41.9. The average Bonchev–Trinajstić information content (AvgIpc) is 1.17. The van der Waals surface area contributed by atoms with Crippen LogP contribution >= 0.6 is 15.9 Å². The number of benzene rings is 3. The molecular formula is C51H43BrF18K2LiN3O13. The quantitative estimate of drug-likeness (QED) is 0.0312. The van der Waals surface area contributed by atoms with Gasteiger partial charge in [-0.05, 0) is 67.9 Å². The summed E-state index contributed by atoms with van der Waals surface area (Å²) in [6.07, 6.45) is -29.3. The van der Waals surface area contributed by atoms with E-state index in [1.54, 1.807) is 6.92 Å². The monoisotopic (exact) mass is 1410 g/mol. The number of esters is 2. The van der Waals surface area contributed by atoms with Gasteiger partial charge < -0.3 is 46.1 Å². The summed E-state index contributed by atoms with van der Waals surface area (Å²) < 4.78 is 244. The number of aromatic nitrogens is 3. The van der Waals surface area contributed by atoms with Gasteiger partial charge in [0.25, 0.3) is 6.47 Å². The molecule has 38 heteroatoms. The van der Waals surface area contributed by atoms with E-state index >= 15 is 0 Å². The van der Waals surface area contributed by atoms with Crippen molar-refractivity contribution in [2.75, 3.05) is 13.2 Å². The van der Waals surface area contributed by atoms with Gasteiger partial charge in [0.15, 0.2) is 0 Å². The van der Waals surface area contributed by atoms with Crippen LogP contribution in [-0.2, 0) is 70.6 Å². The Morgan fingerprint density at radius 1 is 0.562 bits per heavy atom. The number of carboxylic acids is 1. The molecule has 3 unspecified atom stereocenters. The first kappa shape index (κ1) is 90.8.